The number of unbranched alkanes of at least 4 members (excludes halogenated alkanes) is 2. The molecule has 0 saturated carbocycles. The molecule has 2 nitrogen and oxygen atoms in total. The third-order valence-electron chi connectivity index (χ3n) is 3.07. The first-order chi connectivity index (χ1) is 7.18. The zero-order valence-corrected chi connectivity index (χ0v) is 11.0. The maximum Gasteiger partial charge on any atom is 0.0707 e. The van der Waals surface area contributed by atoms with Crippen molar-refractivity contribution in [3.05, 3.63) is 0 Å². The van der Waals surface area contributed by atoms with Crippen molar-refractivity contribution in [1.82, 2.24) is 0 Å². The van der Waals surface area contributed by atoms with Crippen LogP contribution in [0.3, 0.4) is 0 Å². The Hall–Kier alpha value is -0.0800. The second kappa shape index (κ2) is 9.17. The molecule has 0 aromatic rings. The average Bonchev–Trinajstić information content (AvgIpc) is 2.27. The molecule has 2 heteroatoms. The third kappa shape index (κ3) is 7.80. The number of rotatable bonds is 10. The highest BCUT2D eigenvalue weighted by molar-refractivity contribution is 4.70. The first kappa shape index (κ1) is 14.9. The minimum absolute atomic E-state index is 0.0484. The summed E-state index contributed by atoms with van der Waals surface area (Å²) in [6.45, 7) is 11.1. The Labute approximate surface area is 95.3 Å². The molecule has 0 aliphatic heterocycles. The molecule has 0 rings (SSSR count). The van der Waals surface area contributed by atoms with Crippen LogP contribution in [0.5, 0.6) is 0 Å². The van der Waals surface area contributed by atoms with Crippen LogP contribution >= 0.6 is 0 Å². The standard InChI is InChI=1S/C13H28O2/c1-5-8-9-10-14-11-12-15-13(4,6-2)7-3/h5-12H2,1-4H3. The van der Waals surface area contributed by atoms with E-state index in [-0.39, 0.29) is 5.60 Å². The van der Waals surface area contributed by atoms with Crippen LogP contribution < -0.4 is 0 Å². The van der Waals surface area contributed by atoms with Gasteiger partial charge < -0.3 is 9.47 Å². The van der Waals surface area contributed by atoms with Gasteiger partial charge in [-0.25, -0.2) is 0 Å². The molecular formula is C13H28O2. The minimum Gasteiger partial charge on any atom is -0.379 e. The molecule has 0 N–H and O–H groups in total. The summed E-state index contributed by atoms with van der Waals surface area (Å²) in [6.07, 6.45) is 5.83. The highest BCUT2D eigenvalue weighted by Crippen LogP contribution is 2.18. The fourth-order valence-electron chi connectivity index (χ4n) is 1.36. The molecule has 0 atom stereocenters. The molecular weight excluding hydrogens is 188 g/mol. The fraction of sp³-hybridized carbons (Fsp3) is 1.00. The Morgan fingerprint density at radius 1 is 0.867 bits per heavy atom. The maximum absolute atomic E-state index is 5.81. The molecule has 0 aromatic heterocycles. The molecule has 0 aliphatic carbocycles. The molecule has 0 heterocycles. The van der Waals surface area contributed by atoms with Gasteiger partial charge in [0, 0.05) is 6.61 Å². The van der Waals surface area contributed by atoms with Crippen molar-refractivity contribution in [1.29, 1.82) is 0 Å². The molecule has 0 fully saturated rings. The van der Waals surface area contributed by atoms with Gasteiger partial charge >= 0.3 is 0 Å². The molecule has 0 amide bonds. The molecule has 0 aliphatic rings. The van der Waals surface area contributed by atoms with E-state index in [0.717, 1.165) is 32.7 Å². The molecule has 0 unspecified atom stereocenters. The first-order valence-corrected chi connectivity index (χ1v) is 6.40. The monoisotopic (exact) mass is 216 g/mol. The van der Waals surface area contributed by atoms with Crippen LogP contribution in [0.1, 0.15) is 59.8 Å². The quantitative estimate of drug-likeness (QED) is 0.517. The van der Waals surface area contributed by atoms with Gasteiger partial charge in [-0.3, -0.25) is 0 Å². The zero-order valence-electron chi connectivity index (χ0n) is 11.0. The summed E-state index contributed by atoms with van der Waals surface area (Å²) in [5.41, 5.74) is 0.0484. The van der Waals surface area contributed by atoms with Gasteiger partial charge in [0.1, 0.15) is 0 Å². The lowest BCUT2D eigenvalue weighted by molar-refractivity contribution is -0.0611. The van der Waals surface area contributed by atoms with E-state index in [0.29, 0.717) is 0 Å². The van der Waals surface area contributed by atoms with E-state index in [2.05, 4.69) is 27.7 Å². The van der Waals surface area contributed by atoms with Crippen molar-refractivity contribution in [2.75, 3.05) is 19.8 Å². The van der Waals surface area contributed by atoms with Crippen LogP contribution in [-0.4, -0.2) is 25.4 Å². The van der Waals surface area contributed by atoms with Gasteiger partial charge in [0.05, 0.1) is 18.8 Å². The number of hydrogen-bond acceptors (Lipinski definition) is 2. The second-order valence-corrected chi connectivity index (χ2v) is 4.32. The van der Waals surface area contributed by atoms with E-state index in [9.17, 15) is 0 Å². The van der Waals surface area contributed by atoms with Crippen LogP contribution in [0.4, 0.5) is 0 Å². The van der Waals surface area contributed by atoms with E-state index >= 15 is 0 Å². The first-order valence-electron chi connectivity index (χ1n) is 6.40. The summed E-state index contributed by atoms with van der Waals surface area (Å²) in [5.74, 6) is 0. The Kier molecular flexibility index (Phi) is 9.12. The smallest absolute Gasteiger partial charge is 0.0707 e. The summed E-state index contributed by atoms with van der Waals surface area (Å²) in [5, 5.41) is 0. The summed E-state index contributed by atoms with van der Waals surface area (Å²) >= 11 is 0. The topological polar surface area (TPSA) is 18.5 Å². The zero-order chi connectivity index (χ0) is 11.6. The third-order valence-corrected chi connectivity index (χ3v) is 3.07. The lowest BCUT2D eigenvalue weighted by atomic mass is 10.0. The Morgan fingerprint density at radius 3 is 2.07 bits per heavy atom. The Morgan fingerprint density at radius 2 is 1.53 bits per heavy atom. The van der Waals surface area contributed by atoms with Gasteiger partial charge in [-0.2, -0.15) is 0 Å². The second-order valence-electron chi connectivity index (χ2n) is 4.32. The van der Waals surface area contributed by atoms with Crippen molar-refractivity contribution >= 4 is 0 Å². The lowest BCUT2D eigenvalue weighted by Gasteiger charge is -2.27. The van der Waals surface area contributed by atoms with Crippen LogP contribution in [-0.2, 0) is 9.47 Å². The molecule has 15 heavy (non-hydrogen) atoms. The lowest BCUT2D eigenvalue weighted by Crippen LogP contribution is -2.28. The van der Waals surface area contributed by atoms with Crippen molar-refractivity contribution < 1.29 is 9.47 Å². The fourth-order valence-corrected chi connectivity index (χ4v) is 1.36. The van der Waals surface area contributed by atoms with Gasteiger partial charge in [0.25, 0.3) is 0 Å². The summed E-state index contributed by atoms with van der Waals surface area (Å²) in [4.78, 5) is 0. The molecule has 0 spiro atoms. The van der Waals surface area contributed by atoms with Gasteiger partial charge in [0.2, 0.25) is 0 Å². The molecule has 0 radical (unpaired) electrons. The summed E-state index contributed by atoms with van der Waals surface area (Å²) in [7, 11) is 0. The highest BCUT2D eigenvalue weighted by atomic mass is 16.5. The minimum atomic E-state index is 0.0484. The van der Waals surface area contributed by atoms with Crippen LogP contribution in [0.2, 0.25) is 0 Å². The van der Waals surface area contributed by atoms with E-state index in [4.69, 9.17) is 9.47 Å². The molecule has 0 bridgehead atoms. The van der Waals surface area contributed by atoms with E-state index in [1.54, 1.807) is 0 Å². The Bertz CT molecular complexity index is 130. The van der Waals surface area contributed by atoms with E-state index < -0.39 is 0 Å². The maximum atomic E-state index is 5.81. The molecule has 92 valence electrons. The van der Waals surface area contributed by atoms with Gasteiger partial charge in [-0.1, -0.05) is 33.6 Å². The van der Waals surface area contributed by atoms with Crippen molar-refractivity contribution in [3.63, 3.8) is 0 Å². The predicted molar refractivity (Wildman–Crippen MR) is 65.3 cm³/mol. The van der Waals surface area contributed by atoms with E-state index in [1.807, 2.05) is 0 Å². The van der Waals surface area contributed by atoms with Crippen LogP contribution in [0.15, 0.2) is 0 Å². The summed E-state index contributed by atoms with van der Waals surface area (Å²) < 4.78 is 11.3. The molecule has 0 aromatic carbocycles. The van der Waals surface area contributed by atoms with Gasteiger partial charge in [-0.15, -0.1) is 0 Å². The van der Waals surface area contributed by atoms with Crippen molar-refractivity contribution in [3.8, 4) is 0 Å². The number of ether oxygens (including phenoxy) is 2. The average molecular weight is 216 g/mol. The van der Waals surface area contributed by atoms with Crippen molar-refractivity contribution in [2.45, 2.75) is 65.4 Å². The predicted octanol–water partition coefficient (Wildman–Crippen LogP) is 3.79. The van der Waals surface area contributed by atoms with Gasteiger partial charge in [-0.05, 0) is 26.2 Å². The normalized spacial score (nSPS) is 12.0. The SMILES string of the molecule is CCCCCOCCOC(C)(CC)CC. The van der Waals surface area contributed by atoms with E-state index in [1.165, 1.54) is 19.3 Å². The number of hydrogen-bond donors (Lipinski definition) is 0. The van der Waals surface area contributed by atoms with Gasteiger partial charge in [0.15, 0.2) is 0 Å². The summed E-state index contributed by atoms with van der Waals surface area (Å²) in [6, 6.07) is 0. The largest absolute Gasteiger partial charge is 0.379 e. The van der Waals surface area contributed by atoms with Crippen LogP contribution in [0, 0.1) is 0 Å². The Balaban J connectivity index is 3.29. The van der Waals surface area contributed by atoms with Crippen LogP contribution in [0.25, 0.3) is 0 Å². The molecule has 0 saturated heterocycles. The van der Waals surface area contributed by atoms with Crippen molar-refractivity contribution in [2.24, 2.45) is 0 Å². The highest BCUT2D eigenvalue weighted by Gasteiger charge is 2.19.